The van der Waals surface area contributed by atoms with Gasteiger partial charge in [0.2, 0.25) is 10.0 Å². The molecule has 0 atom stereocenters. The van der Waals surface area contributed by atoms with E-state index in [9.17, 15) is 8.42 Å². The van der Waals surface area contributed by atoms with Crippen molar-refractivity contribution in [1.82, 2.24) is 10.0 Å². The molecule has 3 rings (SSSR count). The number of sulfonamides is 1. The summed E-state index contributed by atoms with van der Waals surface area (Å²) in [6, 6.07) is 7.72. The highest BCUT2D eigenvalue weighted by Gasteiger charge is 2.31. The van der Waals surface area contributed by atoms with Crippen LogP contribution in [0.25, 0.3) is 0 Å². The lowest BCUT2D eigenvalue weighted by Gasteiger charge is -2.37. The van der Waals surface area contributed by atoms with Crippen LogP contribution < -0.4 is 14.9 Å². The van der Waals surface area contributed by atoms with Crippen LogP contribution in [0.4, 0.5) is 5.69 Å². The number of likely N-dealkylation sites (N-methyl/N-ethyl adjacent to an activating group) is 1. The maximum absolute atomic E-state index is 12.4. The van der Waals surface area contributed by atoms with Gasteiger partial charge >= 0.3 is 0 Å². The van der Waals surface area contributed by atoms with Crippen LogP contribution in [0.3, 0.4) is 0 Å². The Balaban J connectivity index is 1.91. The molecule has 1 saturated carbocycles. The van der Waals surface area contributed by atoms with Crippen LogP contribution in [0.15, 0.2) is 29.2 Å². The van der Waals surface area contributed by atoms with Gasteiger partial charge in [-0.15, -0.1) is 0 Å². The normalized spacial score (nSPS) is 20.1. The molecule has 104 valence electrons. The van der Waals surface area contributed by atoms with Gasteiger partial charge in [-0.05, 0) is 25.0 Å². The second kappa shape index (κ2) is 4.77. The molecule has 0 unspecified atom stereocenters. The van der Waals surface area contributed by atoms with E-state index in [0.717, 1.165) is 31.6 Å². The lowest BCUT2D eigenvalue weighted by molar-refractivity contribution is 0.427. The van der Waals surface area contributed by atoms with Crippen molar-refractivity contribution in [3.63, 3.8) is 0 Å². The van der Waals surface area contributed by atoms with Crippen LogP contribution in [0.2, 0.25) is 0 Å². The molecule has 0 bridgehead atoms. The van der Waals surface area contributed by atoms with Gasteiger partial charge in [0.25, 0.3) is 0 Å². The van der Waals surface area contributed by atoms with Gasteiger partial charge in [0.05, 0.1) is 11.7 Å². The average Bonchev–Trinajstić information content (AvgIpc) is 3.10. The van der Waals surface area contributed by atoms with Crippen molar-refractivity contribution in [3.05, 3.63) is 24.3 Å². The van der Waals surface area contributed by atoms with Gasteiger partial charge in [0.15, 0.2) is 0 Å². The Morgan fingerprint density at radius 1 is 1.26 bits per heavy atom. The molecule has 1 saturated heterocycles. The zero-order valence-electron chi connectivity index (χ0n) is 11.0. The fourth-order valence-corrected chi connectivity index (χ4v) is 3.75. The first-order valence-electron chi connectivity index (χ1n) is 6.63. The molecule has 0 radical (unpaired) electrons. The molecule has 0 spiro atoms. The van der Waals surface area contributed by atoms with E-state index in [-0.39, 0.29) is 6.04 Å². The van der Waals surface area contributed by atoms with Gasteiger partial charge in [-0.2, -0.15) is 0 Å². The van der Waals surface area contributed by atoms with Crippen LogP contribution in [-0.2, 0) is 10.0 Å². The van der Waals surface area contributed by atoms with E-state index < -0.39 is 10.0 Å². The quantitative estimate of drug-likeness (QED) is 0.827. The summed E-state index contributed by atoms with van der Waals surface area (Å²) in [5, 5.41) is 3.21. The van der Waals surface area contributed by atoms with Crippen LogP contribution in [0.5, 0.6) is 0 Å². The van der Waals surface area contributed by atoms with E-state index in [1.54, 1.807) is 12.1 Å². The minimum absolute atomic E-state index is 0.133. The van der Waals surface area contributed by atoms with Gasteiger partial charge in [-0.1, -0.05) is 12.1 Å². The van der Waals surface area contributed by atoms with Crippen molar-refractivity contribution >= 4 is 15.7 Å². The standard InChI is InChI=1S/C13H19N3O2S/c1-16(11-8-14-9-11)12-4-2-3-5-13(12)19(17,18)15-10-6-7-10/h2-5,10-11,14-15H,6-9H2,1H3. The van der Waals surface area contributed by atoms with Crippen LogP contribution in [-0.4, -0.2) is 40.6 Å². The number of hydrogen-bond donors (Lipinski definition) is 2. The number of hydrogen-bond acceptors (Lipinski definition) is 4. The van der Waals surface area contributed by atoms with E-state index in [1.165, 1.54) is 0 Å². The molecule has 1 aliphatic heterocycles. The Hall–Kier alpha value is -1.11. The number of nitrogens with zero attached hydrogens (tertiary/aromatic N) is 1. The van der Waals surface area contributed by atoms with Gasteiger partial charge in [-0.25, -0.2) is 13.1 Å². The number of anilines is 1. The minimum atomic E-state index is -3.40. The second-order valence-electron chi connectivity index (χ2n) is 5.29. The van der Waals surface area contributed by atoms with Crippen LogP contribution in [0.1, 0.15) is 12.8 Å². The third-order valence-electron chi connectivity index (χ3n) is 3.74. The molecular weight excluding hydrogens is 262 g/mol. The van der Waals surface area contributed by atoms with Gasteiger partial charge < -0.3 is 10.2 Å². The Morgan fingerprint density at radius 2 is 1.95 bits per heavy atom. The fraction of sp³-hybridized carbons (Fsp3) is 0.538. The van der Waals surface area contributed by atoms with Crippen molar-refractivity contribution < 1.29 is 8.42 Å². The van der Waals surface area contributed by atoms with Crippen molar-refractivity contribution in [3.8, 4) is 0 Å². The zero-order chi connectivity index (χ0) is 13.5. The molecule has 1 aromatic carbocycles. The van der Waals surface area contributed by atoms with E-state index in [2.05, 4.69) is 14.9 Å². The minimum Gasteiger partial charge on any atom is -0.368 e. The lowest BCUT2D eigenvalue weighted by Crippen LogP contribution is -2.56. The first kappa shape index (κ1) is 12.9. The van der Waals surface area contributed by atoms with E-state index in [4.69, 9.17) is 0 Å². The molecule has 2 N–H and O–H groups in total. The highest BCUT2D eigenvalue weighted by molar-refractivity contribution is 7.89. The third kappa shape index (κ3) is 2.61. The smallest absolute Gasteiger partial charge is 0.242 e. The predicted octanol–water partition coefficient (Wildman–Crippen LogP) is 0.535. The van der Waals surface area contributed by atoms with Crippen LogP contribution in [0, 0.1) is 0 Å². The molecule has 5 nitrogen and oxygen atoms in total. The molecule has 0 amide bonds. The summed E-state index contributed by atoms with van der Waals surface area (Å²) in [5.41, 5.74) is 0.780. The Morgan fingerprint density at radius 3 is 2.53 bits per heavy atom. The summed E-state index contributed by atoms with van der Waals surface area (Å²) in [4.78, 5) is 2.44. The maximum atomic E-state index is 12.4. The number of nitrogens with one attached hydrogen (secondary N) is 2. The number of benzene rings is 1. The van der Waals surface area contributed by atoms with Crippen molar-refractivity contribution in [1.29, 1.82) is 0 Å². The largest absolute Gasteiger partial charge is 0.368 e. The fourth-order valence-electron chi connectivity index (χ4n) is 2.20. The Labute approximate surface area is 114 Å². The summed E-state index contributed by atoms with van der Waals surface area (Å²) >= 11 is 0. The Bertz CT molecular complexity index is 565. The summed E-state index contributed by atoms with van der Waals surface area (Å²) in [7, 11) is -1.45. The summed E-state index contributed by atoms with van der Waals surface area (Å²) in [5.74, 6) is 0. The average molecular weight is 281 g/mol. The molecule has 19 heavy (non-hydrogen) atoms. The molecule has 6 heteroatoms. The van der Waals surface area contributed by atoms with E-state index in [1.807, 2.05) is 19.2 Å². The van der Waals surface area contributed by atoms with Gasteiger partial charge in [-0.3, -0.25) is 0 Å². The summed E-state index contributed by atoms with van der Waals surface area (Å²) < 4.78 is 27.5. The SMILES string of the molecule is CN(c1ccccc1S(=O)(=O)NC1CC1)C1CNC1. The second-order valence-corrected chi connectivity index (χ2v) is 6.97. The molecule has 2 aliphatic rings. The highest BCUT2D eigenvalue weighted by Crippen LogP contribution is 2.29. The monoisotopic (exact) mass is 281 g/mol. The highest BCUT2D eigenvalue weighted by atomic mass is 32.2. The van der Waals surface area contributed by atoms with E-state index >= 15 is 0 Å². The molecule has 0 aromatic heterocycles. The van der Waals surface area contributed by atoms with Gasteiger partial charge in [0.1, 0.15) is 4.90 Å². The predicted molar refractivity (Wildman–Crippen MR) is 74.8 cm³/mol. The van der Waals surface area contributed by atoms with Crippen molar-refractivity contribution in [2.24, 2.45) is 0 Å². The summed E-state index contributed by atoms with van der Waals surface area (Å²) in [6.45, 7) is 1.81. The van der Waals surface area contributed by atoms with Gasteiger partial charge in [0, 0.05) is 26.2 Å². The van der Waals surface area contributed by atoms with Crippen molar-refractivity contribution in [2.45, 2.75) is 29.8 Å². The third-order valence-corrected chi connectivity index (χ3v) is 5.31. The van der Waals surface area contributed by atoms with Crippen LogP contribution >= 0.6 is 0 Å². The summed E-state index contributed by atoms with van der Waals surface area (Å²) in [6.07, 6.45) is 1.90. The maximum Gasteiger partial charge on any atom is 0.242 e. The zero-order valence-corrected chi connectivity index (χ0v) is 11.8. The van der Waals surface area contributed by atoms with E-state index in [0.29, 0.717) is 10.9 Å². The molecule has 1 heterocycles. The molecule has 2 fully saturated rings. The lowest BCUT2D eigenvalue weighted by atomic mass is 10.1. The first-order valence-corrected chi connectivity index (χ1v) is 8.11. The number of para-hydroxylation sites is 1. The first-order chi connectivity index (χ1) is 9.08. The number of rotatable bonds is 5. The molecule has 1 aliphatic carbocycles. The Kier molecular flexibility index (Phi) is 3.24. The molecule has 1 aromatic rings. The topological polar surface area (TPSA) is 61.4 Å². The van der Waals surface area contributed by atoms with Crippen molar-refractivity contribution in [2.75, 3.05) is 25.0 Å². The molecular formula is C13H19N3O2S.